The quantitative estimate of drug-likeness (QED) is 0.810. The van der Waals surface area contributed by atoms with Crippen molar-refractivity contribution in [1.29, 1.82) is 0 Å². The Kier molecular flexibility index (Phi) is 5.96. The van der Waals surface area contributed by atoms with Crippen LogP contribution in [0, 0.1) is 0 Å². The van der Waals surface area contributed by atoms with Crippen LogP contribution in [0.4, 0.5) is 0 Å². The SMILES string of the molecule is CC(CCN(CCO)Cc1cncn1C)c1ccccc1. The Bertz CT molecular complexity index is 524. The fourth-order valence-electron chi connectivity index (χ4n) is 2.50. The lowest BCUT2D eigenvalue weighted by Crippen LogP contribution is -2.29. The zero-order valence-electron chi connectivity index (χ0n) is 12.9. The van der Waals surface area contributed by atoms with E-state index in [9.17, 15) is 5.11 Å². The summed E-state index contributed by atoms with van der Waals surface area (Å²) < 4.78 is 2.03. The number of hydrogen-bond acceptors (Lipinski definition) is 3. The van der Waals surface area contributed by atoms with E-state index in [0.717, 1.165) is 19.5 Å². The maximum Gasteiger partial charge on any atom is 0.0945 e. The Hall–Kier alpha value is -1.65. The largest absolute Gasteiger partial charge is 0.395 e. The Morgan fingerprint density at radius 3 is 2.62 bits per heavy atom. The summed E-state index contributed by atoms with van der Waals surface area (Å²) in [5.41, 5.74) is 2.55. The van der Waals surface area contributed by atoms with Crippen molar-refractivity contribution in [2.75, 3.05) is 19.7 Å². The molecule has 0 saturated heterocycles. The number of nitrogens with zero attached hydrogens (tertiary/aromatic N) is 3. The molecule has 2 aromatic rings. The van der Waals surface area contributed by atoms with Crippen molar-refractivity contribution >= 4 is 0 Å². The summed E-state index contributed by atoms with van der Waals surface area (Å²) >= 11 is 0. The van der Waals surface area contributed by atoms with Gasteiger partial charge in [0.2, 0.25) is 0 Å². The van der Waals surface area contributed by atoms with Crippen LogP contribution < -0.4 is 0 Å². The summed E-state index contributed by atoms with van der Waals surface area (Å²) in [4.78, 5) is 6.44. The van der Waals surface area contributed by atoms with Gasteiger partial charge in [0.05, 0.1) is 18.6 Å². The first-order chi connectivity index (χ1) is 10.2. The van der Waals surface area contributed by atoms with E-state index >= 15 is 0 Å². The molecule has 4 heteroatoms. The van der Waals surface area contributed by atoms with Crippen molar-refractivity contribution in [3.63, 3.8) is 0 Å². The van der Waals surface area contributed by atoms with Crippen LogP contribution in [0.2, 0.25) is 0 Å². The fourth-order valence-corrected chi connectivity index (χ4v) is 2.50. The molecule has 4 nitrogen and oxygen atoms in total. The lowest BCUT2D eigenvalue weighted by atomic mass is 9.98. The number of aliphatic hydroxyl groups is 1. The maximum atomic E-state index is 9.25. The molecule has 0 bridgehead atoms. The molecule has 0 aliphatic rings. The van der Waals surface area contributed by atoms with E-state index < -0.39 is 0 Å². The molecule has 0 fully saturated rings. The van der Waals surface area contributed by atoms with Gasteiger partial charge in [-0.2, -0.15) is 0 Å². The molecule has 1 N–H and O–H groups in total. The van der Waals surface area contributed by atoms with Crippen LogP contribution in [0.25, 0.3) is 0 Å². The van der Waals surface area contributed by atoms with E-state index in [1.165, 1.54) is 11.3 Å². The normalized spacial score (nSPS) is 12.8. The standard InChI is InChI=1S/C17H25N3O/c1-15(16-6-4-3-5-7-16)8-9-20(10-11-21)13-17-12-18-14-19(17)2/h3-7,12,14-15,21H,8-11,13H2,1-2H3. The van der Waals surface area contributed by atoms with Gasteiger partial charge in [-0.05, 0) is 24.4 Å². The predicted octanol–water partition coefficient (Wildman–Crippen LogP) is 2.41. The van der Waals surface area contributed by atoms with Crippen molar-refractivity contribution in [2.24, 2.45) is 7.05 Å². The van der Waals surface area contributed by atoms with Crippen molar-refractivity contribution in [3.05, 3.63) is 54.1 Å². The molecule has 0 aliphatic heterocycles. The lowest BCUT2D eigenvalue weighted by Gasteiger charge is -2.23. The van der Waals surface area contributed by atoms with Crippen LogP contribution in [-0.2, 0) is 13.6 Å². The van der Waals surface area contributed by atoms with E-state index in [1.54, 1.807) is 0 Å². The third-order valence-corrected chi connectivity index (χ3v) is 3.97. The second-order valence-corrected chi connectivity index (χ2v) is 5.60. The monoisotopic (exact) mass is 287 g/mol. The highest BCUT2D eigenvalue weighted by molar-refractivity contribution is 5.18. The van der Waals surface area contributed by atoms with Crippen molar-refractivity contribution in [3.8, 4) is 0 Å². The average molecular weight is 287 g/mol. The minimum absolute atomic E-state index is 0.192. The van der Waals surface area contributed by atoms with Crippen LogP contribution in [0.3, 0.4) is 0 Å². The maximum absolute atomic E-state index is 9.25. The molecule has 0 radical (unpaired) electrons. The van der Waals surface area contributed by atoms with E-state index in [-0.39, 0.29) is 6.61 Å². The zero-order chi connectivity index (χ0) is 15.1. The molecular weight excluding hydrogens is 262 g/mol. The molecule has 1 aromatic heterocycles. The molecule has 1 heterocycles. The highest BCUT2D eigenvalue weighted by Gasteiger charge is 2.11. The number of aliphatic hydroxyl groups excluding tert-OH is 1. The van der Waals surface area contributed by atoms with Gasteiger partial charge in [0.15, 0.2) is 0 Å². The van der Waals surface area contributed by atoms with E-state index in [1.807, 2.05) is 24.1 Å². The second kappa shape index (κ2) is 7.96. The Labute approximate surface area is 127 Å². The van der Waals surface area contributed by atoms with Gasteiger partial charge in [0.25, 0.3) is 0 Å². The van der Waals surface area contributed by atoms with Crippen LogP contribution in [0.15, 0.2) is 42.9 Å². The number of rotatable bonds is 8. The molecule has 1 aromatic carbocycles. The Balaban J connectivity index is 1.89. The van der Waals surface area contributed by atoms with Crippen molar-refractivity contribution < 1.29 is 5.11 Å². The molecule has 0 aliphatic carbocycles. The third-order valence-electron chi connectivity index (χ3n) is 3.97. The topological polar surface area (TPSA) is 41.3 Å². The van der Waals surface area contributed by atoms with Gasteiger partial charge in [-0.1, -0.05) is 37.3 Å². The van der Waals surface area contributed by atoms with Gasteiger partial charge >= 0.3 is 0 Å². The summed E-state index contributed by atoms with van der Waals surface area (Å²) in [6.07, 6.45) is 4.80. The smallest absolute Gasteiger partial charge is 0.0945 e. The number of hydrogen-bond donors (Lipinski definition) is 1. The van der Waals surface area contributed by atoms with E-state index in [2.05, 4.69) is 47.1 Å². The zero-order valence-corrected chi connectivity index (χ0v) is 12.9. The van der Waals surface area contributed by atoms with Gasteiger partial charge in [-0.3, -0.25) is 4.90 Å². The van der Waals surface area contributed by atoms with Gasteiger partial charge in [-0.25, -0.2) is 4.98 Å². The number of aromatic nitrogens is 2. The Morgan fingerprint density at radius 1 is 1.24 bits per heavy atom. The Morgan fingerprint density at radius 2 is 2.00 bits per heavy atom. The average Bonchev–Trinajstić information content (AvgIpc) is 2.91. The van der Waals surface area contributed by atoms with Crippen LogP contribution in [-0.4, -0.2) is 39.3 Å². The molecule has 21 heavy (non-hydrogen) atoms. The fraction of sp³-hybridized carbons (Fsp3) is 0.471. The molecule has 0 amide bonds. The highest BCUT2D eigenvalue weighted by atomic mass is 16.3. The molecule has 0 saturated carbocycles. The van der Waals surface area contributed by atoms with Crippen LogP contribution in [0.5, 0.6) is 0 Å². The molecule has 1 atom stereocenters. The summed E-state index contributed by atoms with van der Waals surface area (Å²) in [5.74, 6) is 0.527. The third kappa shape index (κ3) is 4.69. The van der Waals surface area contributed by atoms with Gasteiger partial charge in [-0.15, -0.1) is 0 Å². The lowest BCUT2D eigenvalue weighted by molar-refractivity contribution is 0.183. The molecule has 114 valence electrons. The van der Waals surface area contributed by atoms with Crippen molar-refractivity contribution in [1.82, 2.24) is 14.5 Å². The first-order valence-electron chi connectivity index (χ1n) is 7.54. The van der Waals surface area contributed by atoms with Crippen LogP contribution in [0.1, 0.15) is 30.5 Å². The summed E-state index contributed by atoms with van der Waals surface area (Å²) in [7, 11) is 2.01. The molecule has 2 rings (SSSR count). The second-order valence-electron chi connectivity index (χ2n) is 5.60. The van der Waals surface area contributed by atoms with E-state index in [0.29, 0.717) is 12.5 Å². The summed E-state index contributed by atoms with van der Waals surface area (Å²) in [6.45, 7) is 4.96. The molecular formula is C17H25N3O. The minimum Gasteiger partial charge on any atom is -0.395 e. The van der Waals surface area contributed by atoms with Gasteiger partial charge in [0.1, 0.15) is 0 Å². The molecule has 1 unspecified atom stereocenters. The first-order valence-corrected chi connectivity index (χ1v) is 7.54. The minimum atomic E-state index is 0.192. The summed E-state index contributed by atoms with van der Waals surface area (Å²) in [6, 6.07) is 10.6. The first kappa shape index (κ1) is 15.7. The van der Waals surface area contributed by atoms with E-state index in [4.69, 9.17) is 0 Å². The van der Waals surface area contributed by atoms with Gasteiger partial charge < -0.3 is 9.67 Å². The number of imidazole rings is 1. The number of benzene rings is 1. The number of aryl methyl sites for hydroxylation is 1. The van der Waals surface area contributed by atoms with Crippen LogP contribution >= 0.6 is 0 Å². The van der Waals surface area contributed by atoms with Crippen molar-refractivity contribution in [2.45, 2.75) is 25.8 Å². The highest BCUT2D eigenvalue weighted by Crippen LogP contribution is 2.19. The molecule has 0 spiro atoms. The summed E-state index contributed by atoms with van der Waals surface area (Å²) in [5, 5.41) is 9.25. The van der Waals surface area contributed by atoms with Gasteiger partial charge in [0, 0.05) is 26.3 Å². The predicted molar refractivity (Wildman–Crippen MR) is 85.0 cm³/mol.